The van der Waals surface area contributed by atoms with Gasteiger partial charge in [-0.05, 0) is 19.9 Å². The van der Waals surface area contributed by atoms with E-state index in [2.05, 4.69) is 5.32 Å². The zero-order chi connectivity index (χ0) is 14.3. The molecule has 2 heterocycles. The molecule has 1 fully saturated rings. The summed E-state index contributed by atoms with van der Waals surface area (Å²) >= 11 is 6.13. The number of fused-ring (bicyclic) bond motifs is 1. The number of furan rings is 1. The second kappa shape index (κ2) is 5.11. The number of rotatable bonds is 1. The van der Waals surface area contributed by atoms with Gasteiger partial charge in [-0.25, -0.2) is 0 Å². The number of amides is 1. The van der Waals surface area contributed by atoms with Crippen molar-refractivity contribution >= 4 is 28.5 Å². The van der Waals surface area contributed by atoms with Crippen LogP contribution < -0.4 is 5.32 Å². The van der Waals surface area contributed by atoms with Crippen molar-refractivity contribution in [1.82, 2.24) is 10.2 Å². The molecule has 0 bridgehead atoms. The van der Waals surface area contributed by atoms with E-state index in [0.717, 1.165) is 24.0 Å². The minimum absolute atomic E-state index is 0.0521. The number of piperazine rings is 1. The molecule has 3 rings (SSSR count). The van der Waals surface area contributed by atoms with Gasteiger partial charge in [-0.3, -0.25) is 4.79 Å². The molecular weight excluding hydrogens is 276 g/mol. The molecule has 0 unspecified atom stereocenters. The van der Waals surface area contributed by atoms with Crippen LogP contribution in [0.1, 0.15) is 23.0 Å². The number of carbonyl (C=O) groups is 1. The van der Waals surface area contributed by atoms with Crippen molar-refractivity contribution in [2.75, 3.05) is 19.6 Å². The summed E-state index contributed by atoms with van der Waals surface area (Å²) in [6, 6.07) is 5.74. The first-order valence-corrected chi connectivity index (χ1v) is 7.16. The molecule has 20 heavy (non-hydrogen) atoms. The molecule has 0 aliphatic carbocycles. The second-order valence-corrected chi connectivity index (χ2v) is 5.63. The van der Waals surface area contributed by atoms with Crippen LogP contribution in [0.15, 0.2) is 22.6 Å². The fourth-order valence-corrected chi connectivity index (χ4v) is 2.90. The van der Waals surface area contributed by atoms with Crippen LogP contribution in [0.4, 0.5) is 0 Å². The van der Waals surface area contributed by atoms with E-state index >= 15 is 0 Å². The SMILES string of the molecule is Cc1c(C(=O)N2CCNC[C@H]2C)oc2c(Cl)cccc12. The lowest BCUT2D eigenvalue weighted by molar-refractivity contribution is 0.0624. The monoisotopic (exact) mass is 292 g/mol. The van der Waals surface area contributed by atoms with Gasteiger partial charge in [0.05, 0.1) is 5.02 Å². The molecule has 0 saturated carbocycles. The predicted molar refractivity (Wildman–Crippen MR) is 79.3 cm³/mol. The first-order valence-electron chi connectivity index (χ1n) is 6.79. The molecule has 2 aromatic rings. The molecule has 1 amide bonds. The van der Waals surface area contributed by atoms with E-state index in [-0.39, 0.29) is 11.9 Å². The van der Waals surface area contributed by atoms with Gasteiger partial charge in [0.25, 0.3) is 5.91 Å². The van der Waals surface area contributed by atoms with Gasteiger partial charge in [0, 0.05) is 36.6 Å². The van der Waals surface area contributed by atoms with E-state index in [4.69, 9.17) is 16.0 Å². The summed E-state index contributed by atoms with van der Waals surface area (Å²) < 4.78 is 5.75. The Morgan fingerprint density at radius 1 is 1.50 bits per heavy atom. The lowest BCUT2D eigenvalue weighted by atomic mass is 10.1. The third-order valence-corrected chi connectivity index (χ3v) is 4.17. The maximum Gasteiger partial charge on any atom is 0.290 e. The lowest BCUT2D eigenvalue weighted by Crippen LogP contribution is -2.52. The molecule has 4 nitrogen and oxygen atoms in total. The van der Waals surface area contributed by atoms with Gasteiger partial charge >= 0.3 is 0 Å². The minimum Gasteiger partial charge on any atom is -0.449 e. The summed E-state index contributed by atoms with van der Waals surface area (Å²) in [5.74, 6) is 0.352. The molecule has 5 heteroatoms. The highest BCUT2D eigenvalue weighted by molar-refractivity contribution is 6.35. The molecule has 1 saturated heterocycles. The number of benzene rings is 1. The van der Waals surface area contributed by atoms with Gasteiger partial charge in [0.2, 0.25) is 0 Å². The van der Waals surface area contributed by atoms with E-state index in [0.29, 0.717) is 22.9 Å². The second-order valence-electron chi connectivity index (χ2n) is 5.22. The zero-order valence-electron chi connectivity index (χ0n) is 11.6. The molecular formula is C15H17ClN2O2. The van der Waals surface area contributed by atoms with E-state index in [1.54, 1.807) is 6.07 Å². The highest BCUT2D eigenvalue weighted by Crippen LogP contribution is 2.31. The van der Waals surface area contributed by atoms with Crippen LogP contribution in [-0.2, 0) is 0 Å². The number of para-hydroxylation sites is 1. The van der Waals surface area contributed by atoms with Crippen molar-refractivity contribution in [3.8, 4) is 0 Å². The van der Waals surface area contributed by atoms with Crippen LogP contribution in [0.2, 0.25) is 5.02 Å². The third kappa shape index (κ3) is 2.09. The molecule has 1 N–H and O–H groups in total. The Bertz CT molecular complexity index is 665. The summed E-state index contributed by atoms with van der Waals surface area (Å²) in [7, 11) is 0. The summed E-state index contributed by atoms with van der Waals surface area (Å²) in [5.41, 5.74) is 1.45. The third-order valence-electron chi connectivity index (χ3n) is 3.87. The summed E-state index contributed by atoms with van der Waals surface area (Å²) in [6.45, 7) is 6.27. The maximum absolute atomic E-state index is 12.7. The number of aryl methyl sites for hydroxylation is 1. The summed E-state index contributed by atoms with van der Waals surface area (Å²) in [4.78, 5) is 14.5. The largest absolute Gasteiger partial charge is 0.449 e. The van der Waals surface area contributed by atoms with E-state index in [1.165, 1.54) is 0 Å². The average molecular weight is 293 g/mol. The van der Waals surface area contributed by atoms with Crippen LogP contribution in [0.25, 0.3) is 11.0 Å². The normalized spacial score (nSPS) is 19.6. The fraction of sp³-hybridized carbons (Fsp3) is 0.400. The van der Waals surface area contributed by atoms with E-state index in [1.807, 2.05) is 30.9 Å². The van der Waals surface area contributed by atoms with Crippen LogP contribution in [0.5, 0.6) is 0 Å². The Balaban J connectivity index is 2.03. The highest BCUT2D eigenvalue weighted by Gasteiger charge is 2.28. The zero-order valence-corrected chi connectivity index (χ0v) is 12.3. The van der Waals surface area contributed by atoms with E-state index in [9.17, 15) is 4.79 Å². The fourth-order valence-electron chi connectivity index (χ4n) is 2.69. The van der Waals surface area contributed by atoms with Crippen molar-refractivity contribution in [3.63, 3.8) is 0 Å². The molecule has 1 atom stereocenters. The smallest absolute Gasteiger partial charge is 0.290 e. The Morgan fingerprint density at radius 2 is 2.30 bits per heavy atom. The first-order chi connectivity index (χ1) is 9.59. The van der Waals surface area contributed by atoms with Gasteiger partial charge in [-0.15, -0.1) is 0 Å². The Morgan fingerprint density at radius 3 is 3.00 bits per heavy atom. The molecule has 1 aliphatic heterocycles. The standard InChI is InChI=1S/C15H17ClN2O2/c1-9-8-17-6-7-18(9)15(19)13-10(2)11-4-3-5-12(16)14(11)20-13/h3-5,9,17H,6-8H2,1-2H3/t9-/m1/s1. The number of halogens is 1. The van der Waals surface area contributed by atoms with Gasteiger partial charge in [-0.2, -0.15) is 0 Å². The number of hydrogen-bond acceptors (Lipinski definition) is 3. The van der Waals surface area contributed by atoms with Crippen molar-refractivity contribution in [2.45, 2.75) is 19.9 Å². The minimum atomic E-state index is -0.0521. The Kier molecular flexibility index (Phi) is 3.44. The molecule has 106 valence electrons. The molecule has 0 radical (unpaired) electrons. The van der Waals surface area contributed by atoms with Gasteiger partial charge < -0.3 is 14.6 Å². The van der Waals surface area contributed by atoms with Crippen LogP contribution in [0, 0.1) is 6.92 Å². The number of carbonyl (C=O) groups excluding carboxylic acids is 1. The van der Waals surface area contributed by atoms with Gasteiger partial charge in [-0.1, -0.05) is 23.7 Å². The lowest BCUT2D eigenvalue weighted by Gasteiger charge is -2.33. The van der Waals surface area contributed by atoms with Crippen LogP contribution in [-0.4, -0.2) is 36.5 Å². The Labute approximate surface area is 122 Å². The number of nitrogens with one attached hydrogen (secondary N) is 1. The predicted octanol–water partition coefficient (Wildman–Crippen LogP) is 2.83. The van der Waals surface area contributed by atoms with E-state index < -0.39 is 0 Å². The molecule has 1 aromatic carbocycles. The van der Waals surface area contributed by atoms with Crippen molar-refractivity contribution < 1.29 is 9.21 Å². The highest BCUT2D eigenvalue weighted by atomic mass is 35.5. The molecule has 1 aromatic heterocycles. The van der Waals surface area contributed by atoms with Crippen LogP contribution in [0.3, 0.4) is 0 Å². The average Bonchev–Trinajstić information content (AvgIpc) is 2.78. The van der Waals surface area contributed by atoms with Crippen LogP contribution >= 0.6 is 11.6 Å². The van der Waals surface area contributed by atoms with Crippen molar-refractivity contribution in [3.05, 3.63) is 34.5 Å². The molecule has 0 spiro atoms. The first kappa shape index (κ1) is 13.5. The van der Waals surface area contributed by atoms with Crippen molar-refractivity contribution in [1.29, 1.82) is 0 Å². The van der Waals surface area contributed by atoms with Gasteiger partial charge in [0.15, 0.2) is 11.3 Å². The summed E-state index contributed by atoms with van der Waals surface area (Å²) in [6.07, 6.45) is 0. The summed E-state index contributed by atoms with van der Waals surface area (Å²) in [5, 5.41) is 4.72. The topological polar surface area (TPSA) is 45.5 Å². The molecule has 1 aliphatic rings. The Hall–Kier alpha value is -1.52. The number of nitrogens with zero attached hydrogens (tertiary/aromatic N) is 1. The van der Waals surface area contributed by atoms with Crippen molar-refractivity contribution in [2.24, 2.45) is 0 Å². The maximum atomic E-state index is 12.7. The number of hydrogen-bond donors (Lipinski definition) is 1. The van der Waals surface area contributed by atoms with Gasteiger partial charge in [0.1, 0.15) is 0 Å². The quantitative estimate of drug-likeness (QED) is 0.879.